The molecule has 6 nitrogen and oxygen atoms in total. The highest BCUT2D eigenvalue weighted by atomic mass is 16.6. The number of pyridine rings is 1. The van der Waals surface area contributed by atoms with Gasteiger partial charge in [0.1, 0.15) is 11.6 Å². The lowest BCUT2D eigenvalue weighted by atomic mass is 10.1. The van der Waals surface area contributed by atoms with Crippen molar-refractivity contribution in [3.05, 3.63) is 37.8 Å². The van der Waals surface area contributed by atoms with Gasteiger partial charge in [-0.1, -0.05) is 6.92 Å². The summed E-state index contributed by atoms with van der Waals surface area (Å²) in [6.07, 6.45) is 1.87. The van der Waals surface area contributed by atoms with Gasteiger partial charge in [0.25, 0.3) is 11.2 Å². The maximum atomic E-state index is 11.7. The first kappa shape index (κ1) is 11.9. The molecule has 1 aromatic rings. The van der Waals surface area contributed by atoms with Crippen molar-refractivity contribution in [3.8, 4) is 6.07 Å². The predicted octanol–water partition coefficient (Wildman–Crippen LogP) is 1.35. The number of rotatable bonds is 3. The monoisotopic (exact) mass is 221 g/mol. The van der Waals surface area contributed by atoms with Crippen molar-refractivity contribution in [1.82, 2.24) is 4.57 Å². The summed E-state index contributed by atoms with van der Waals surface area (Å²) in [7, 11) is 0. The SMILES string of the molecule is CCCn1cc([N+](=O)[O-])c(C)c(C#N)c1=O. The van der Waals surface area contributed by atoms with Gasteiger partial charge in [0, 0.05) is 6.54 Å². The number of nitriles is 1. The van der Waals surface area contributed by atoms with Crippen molar-refractivity contribution in [2.75, 3.05) is 0 Å². The standard InChI is InChI=1S/C10H11N3O3/c1-3-4-12-6-9(13(15)16)7(2)8(5-11)10(12)14/h6H,3-4H2,1-2H3. The molecule has 0 saturated carbocycles. The third kappa shape index (κ3) is 1.93. The van der Waals surface area contributed by atoms with E-state index in [9.17, 15) is 14.9 Å². The van der Waals surface area contributed by atoms with Gasteiger partial charge < -0.3 is 4.57 Å². The average molecular weight is 221 g/mol. The molecule has 0 bridgehead atoms. The van der Waals surface area contributed by atoms with Crippen LogP contribution in [0.15, 0.2) is 11.0 Å². The molecule has 0 spiro atoms. The molecular formula is C10H11N3O3. The first-order chi connectivity index (χ1) is 7.52. The minimum Gasteiger partial charge on any atom is -0.308 e. The summed E-state index contributed by atoms with van der Waals surface area (Å²) in [6.45, 7) is 3.63. The molecule has 0 amide bonds. The molecule has 0 aliphatic rings. The average Bonchev–Trinajstić information content (AvgIpc) is 2.22. The number of aromatic nitrogens is 1. The second-order valence-corrected chi connectivity index (χ2v) is 3.38. The summed E-state index contributed by atoms with van der Waals surface area (Å²) in [5, 5.41) is 19.6. The molecule has 0 saturated heterocycles. The van der Waals surface area contributed by atoms with E-state index in [1.54, 1.807) is 6.07 Å². The van der Waals surface area contributed by atoms with Gasteiger partial charge >= 0.3 is 0 Å². The van der Waals surface area contributed by atoms with Gasteiger partial charge in [-0.15, -0.1) is 0 Å². The molecule has 0 aliphatic carbocycles. The van der Waals surface area contributed by atoms with E-state index >= 15 is 0 Å². The normalized spacial score (nSPS) is 9.81. The van der Waals surface area contributed by atoms with Gasteiger partial charge in [0.05, 0.1) is 16.7 Å². The molecule has 84 valence electrons. The molecule has 0 unspecified atom stereocenters. The van der Waals surface area contributed by atoms with Gasteiger partial charge in [-0.2, -0.15) is 5.26 Å². The van der Waals surface area contributed by atoms with E-state index in [1.807, 2.05) is 6.92 Å². The van der Waals surface area contributed by atoms with Crippen LogP contribution in [0, 0.1) is 28.4 Å². The first-order valence-corrected chi connectivity index (χ1v) is 4.81. The number of hydrogen-bond donors (Lipinski definition) is 0. The molecule has 0 atom stereocenters. The maximum Gasteiger partial charge on any atom is 0.289 e. The Hall–Kier alpha value is -2.16. The minimum absolute atomic E-state index is 0.129. The Morgan fingerprint density at radius 1 is 1.62 bits per heavy atom. The van der Waals surface area contributed by atoms with E-state index in [0.29, 0.717) is 13.0 Å². The molecule has 0 aromatic carbocycles. The Kier molecular flexibility index (Phi) is 3.40. The minimum atomic E-state index is -0.582. The number of hydrogen-bond acceptors (Lipinski definition) is 4. The Bertz CT molecular complexity index is 525. The molecule has 0 fully saturated rings. The topological polar surface area (TPSA) is 88.9 Å². The lowest BCUT2D eigenvalue weighted by Crippen LogP contribution is -2.24. The molecular weight excluding hydrogens is 210 g/mol. The highest BCUT2D eigenvalue weighted by Crippen LogP contribution is 2.17. The fraction of sp³-hybridized carbons (Fsp3) is 0.400. The third-order valence-corrected chi connectivity index (χ3v) is 2.29. The summed E-state index contributed by atoms with van der Waals surface area (Å²) in [5.41, 5.74) is -0.676. The van der Waals surface area contributed by atoms with Gasteiger partial charge in [0.2, 0.25) is 0 Å². The summed E-state index contributed by atoms with van der Waals surface area (Å²) in [6, 6.07) is 1.72. The summed E-state index contributed by atoms with van der Waals surface area (Å²) < 4.78 is 1.21. The van der Waals surface area contributed by atoms with Crippen LogP contribution in [0.2, 0.25) is 0 Å². The van der Waals surface area contributed by atoms with Crippen LogP contribution < -0.4 is 5.56 Å². The van der Waals surface area contributed by atoms with Crippen LogP contribution >= 0.6 is 0 Å². The van der Waals surface area contributed by atoms with Crippen molar-refractivity contribution in [3.63, 3.8) is 0 Å². The van der Waals surface area contributed by atoms with E-state index in [4.69, 9.17) is 5.26 Å². The second-order valence-electron chi connectivity index (χ2n) is 3.38. The molecule has 1 aromatic heterocycles. The summed E-state index contributed by atoms with van der Waals surface area (Å²) in [4.78, 5) is 21.9. The molecule has 0 aliphatic heterocycles. The van der Waals surface area contributed by atoms with Gasteiger partial charge in [-0.3, -0.25) is 14.9 Å². The van der Waals surface area contributed by atoms with Crippen LogP contribution in [0.5, 0.6) is 0 Å². The molecule has 1 rings (SSSR count). The zero-order valence-corrected chi connectivity index (χ0v) is 9.06. The third-order valence-electron chi connectivity index (χ3n) is 2.29. The van der Waals surface area contributed by atoms with E-state index in [0.717, 1.165) is 0 Å². The van der Waals surface area contributed by atoms with Crippen molar-refractivity contribution >= 4 is 5.69 Å². The highest BCUT2D eigenvalue weighted by molar-refractivity contribution is 5.47. The van der Waals surface area contributed by atoms with Crippen LogP contribution in [0.25, 0.3) is 0 Å². The van der Waals surface area contributed by atoms with E-state index < -0.39 is 10.5 Å². The van der Waals surface area contributed by atoms with E-state index in [2.05, 4.69) is 0 Å². The summed E-state index contributed by atoms with van der Waals surface area (Å²) in [5.74, 6) is 0. The number of aryl methyl sites for hydroxylation is 1. The van der Waals surface area contributed by atoms with Crippen molar-refractivity contribution < 1.29 is 4.92 Å². The van der Waals surface area contributed by atoms with Gasteiger partial charge in [-0.25, -0.2) is 0 Å². The van der Waals surface area contributed by atoms with Crippen LogP contribution in [0.4, 0.5) is 5.69 Å². The van der Waals surface area contributed by atoms with E-state index in [1.165, 1.54) is 17.7 Å². The van der Waals surface area contributed by atoms with Crippen molar-refractivity contribution in [2.45, 2.75) is 26.8 Å². The highest BCUT2D eigenvalue weighted by Gasteiger charge is 2.19. The zero-order chi connectivity index (χ0) is 12.3. The first-order valence-electron chi connectivity index (χ1n) is 4.81. The number of nitrogens with zero attached hydrogens (tertiary/aromatic N) is 3. The van der Waals surface area contributed by atoms with Gasteiger partial charge in [0.15, 0.2) is 0 Å². The van der Waals surface area contributed by atoms with Crippen LogP contribution in [-0.4, -0.2) is 9.49 Å². The quantitative estimate of drug-likeness (QED) is 0.569. The Balaban J connectivity index is 3.58. The largest absolute Gasteiger partial charge is 0.308 e. The molecule has 16 heavy (non-hydrogen) atoms. The molecule has 0 N–H and O–H groups in total. The zero-order valence-electron chi connectivity index (χ0n) is 9.06. The van der Waals surface area contributed by atoms with Gasteiger partial charge in [-0.05, 0) is 13.3 Å². The fourth-order valence-electron chi connectivity index (χ4n) is 1.46. The van der Waals surface area contributed by atoms with Crippen LogP contribution in [0.3, 0.4) is 0 Å². The fourth-order valence-corrected chi connectivity index (χ4v) is 1.46. The van der Waals surface area contributed by atoms with Crippen molar-refractivity contribution in [2.24, 2.45) is 0 Å². The van der Waals surface area contributed by atoms with Crippen LogP contribution in [0.1, 0.15) is 24.5 Å². The maximum absolute atomic E-state index is 11.7. The lowest BCUT2D eigenvalue weighted by molar-refractivity contribution is -0.386. The number of nitro groups is 1. The molecule has 1 heterocycles. The smallest absolute Gasteiger partial charge is 0.289 e. The Morgan fingerprint density at radius 2 is 2.25 bits per heavy atom. The molecule has 0 radical (unpaired) electrons. The predicted molar refractivity (Wildman–Crippen MR) is 57.1 cm³/mol. The van der Waals surface area contributed by atoms with E-state index in [-0.39, 0.29) is 16.8 Å². The summed E-state index contributed by atoms with van der Waals surface area (Å²) >= 11 is 0. The Morgan fingerprint density at radius 3 is 2.69 bits per heavy atom. The Labute approximate surface area is 91.9 Å². The van der Waals surface area contributed by atoms with Crippen LogP contribution in [-0.2, 0) is 6.54 Å². The van der Waals surface area contributed by atoms with Crippen molar-refractivity contribution in [1.29, 1.82) is 5.26 Å². The molecule has 6 heteroatoms. The second kappa shape index (κ2) is 4.57. The lowest BCUT2D eigenvalue weighted by Gasteiger charge is -2.06.